The Morgan fingerprint density at radius 3 is 1.24 bits per heavy atom. The SMILES string of the molecule is CCCCC[C@@H](CC[C@@H]1[C@H]2Cc3cccc(OCC(C)=O)c3C[C@H]2C[C@H]1O[Si](C)(C)C)O[Si](C)(C)C.CCCCC[C@H](O)CC[C@@H]1[C@H]2Cc3cccc(OCC(=O)O)c3C[C@H]2C[C@H]1O.CCCCC[C@H](O)CC[C@@H]1[C@H]2Cc3cccc(OCC(C)=O)c3C[C@H]2C[C@H]1O. The zero-order chi connectivity index (χ0) is 66.7. The number of ketones is 2. The van der Waals surface area contributed by atoms with E-state index in [1.54, 1.807) is 13.8 Å². The van der Waals surface area contributed by atoms with Crippen molar-refractivity contribution in [2.24, 2.45) is 53.3 Å². The number of carbonyl (C=O) groups is 3. The van der Waals surface area contributed by atoms with Crippen molar-refractivity contribution in [1.82, 2.24) is 0 Å². The first kappa shape index (κ1) is 75.4. The lowest BCUT2D eigenvalue weighted by Gasteiger charge is -2.35. The quantitative estimate of drug-likeness (QED) is 0.0280. The minimum atomic E-state index is -1.65. The number of rotatable bonds is 34. The summed E-state index contributed by atoms with van der Waals surface area (Å²) in [5.74, 6) is 5.70. The summed E-state index contributed by atoms with van der Waals surface area (Å²) in [5.41, 5.74) is 7.58. The zero-order valence-corrected chi connectivity index (χ0v) is 60.6. The summed E-state index contributed by atoms with van der Waals surface area (Å²) in [6.07, 6.45) is 27.5. The van der Waals surface area contributed by atoms with E-state index < -0.39 is 22.6 Å². The number of fused-ring (bicyclic) bond motifs is 6. The fraction of sp³-hybridized carbons (Fsp3) is 0.727. The highest BCUT2D eigenvalue weighted by Gasteiger charge is 2.49. The molecule has 0 aromatic heterocycles. The second kappa shape index (κ2) is 36.4. The first-order valence-electron chi connectivity index (χ1n) is 36.3. The molecule has 3 aromatic carbocycles. The first-order valence-corrected chi connectivity index (χ1v) is 43.2. The number of unbranched alkanes of at least 4 members (excludes halogenated alkanes) is 6. The second-order valence-electron chi connectivity index (χ2n) is 30.8. The van der Waals surface area contributed by atoms with Crippen molar-refractivity contribution in [2.75, 3.05) is 19.8 Å². The van der Waals surface area contributed by atoms with Gasteiger partial charge in [-0.15, -0.1) is 0 Å². The van der Waals surface area contributed by atoms with Crippen LogP contribution in [0.3, 0.4) is 0 Å². The lowest BCUT2D eigenvalue weighted by atomic mass is 9.73. The molecule has 9 rings (SSSR count). The van der Waals surface area contributed by atoms with Crippen LogP contribution in [0.25, 0.3) is 0 Å². The van der Waals surface area contributed by atoms with Gasteiger partial charge in [-0.25, -0.2) is 4.79 Å². The van der Waals surface area contributed by atoms with E-state index >= 15 is 0 Å². The van der Waals surface area contributed by atoms with E-state index in [2.05, 4.69) is 84.3 Å². The molecule has 13 nitrogen and oxygen atoms in total. The fourth-order valence-corrected chi connectivity index (χ4v) is 19.4. The van der Waals surface area contributed by atoms with Crippen molar-refractivity contribution < 1.29 is 63.0 Å². The van der Waals surface area contributed by atoms with Crippen molar-refractivity contribution in [1.29, 1.82) is 0 Å². The molecule has 5 N–H and O–H groups in total. The van der Waals surface area contributed by atoms with Gasteiger partial charge in [0.1, 0.15) is 30.5 Å². The van der Waals surface area contributed by atoms with Crippen molar-refractivity contribution >= 4 is 34.2 Å². The first-order chi connectivity index (χ1) is 43.8. The number of carbonyl (C=O) groups excluding carboxylic acids is 2. The Morgan fingerprint density at radius 2 is 0.859 bits per heavy atom. The maximum atomic E-state index is 11.5. The largest absolute Gasteiger partial charge is 0.486 e. The van der Waals surface area contributed by atoms with Crippen LogP contribution in [0, 0.1) is 53.3 Å². The molecule has 0 heterocycles. The van der Waals surface area contributed by atoms with E-state index in [9.17, 15) is 34.8 Å². The van der Waals surface area contributed by atoms with E-state index in [0.717, 1.165) is 145 Å². The van der Waals surface area contributed by atoms with Gasteiger partial charge in [0.2, 0.25) is 0 Å². The van der Waals surface area contributed by atoms with Gasteiger partial charge in [-0.2, -0.15) is 0 Å². The van der Waals surface area contributed by atoms with Gasteiger partial charge in [0.15, 0.2) is 34.8 Å². The number of aliphatic hydroxyl groups excluding tert-OH is 4. The normalized spacial score (nSPS) is 26.2. The molecule has 92 heavy (non-hydrogen) atoms. The van der Waals surface area contributed by atoms with Crippen LogP contribution in [0.1, 0.15) is 203 Å². The van der Waals surface area contributed by atoms with Crippen LogP contribution in [-0.2, 0) is 61.8 Å². The van der Waals surface area contributed by atoms with Crippen LogP contribution < -0.4 is 14.2 Å². The van der Waals surface area contributed by atoms with Crippen LogP contribution in [0.15, 0.2) is 54.6 Å². The van der Waals surface area contributed by atoms with Crippen LogP contribution >= 0.6 is 0 Å². The molecule has 3 fully saturated rings. The molecular formula is C77H122O13Si2. The molecule has 3 aromatic rings. The number of Topliss-reactive ketones (excluding diaryl/α,β-unsaturated/α-hetero) is 2. The smallest absolute Gasteiger partial charge is 0.341 e. The average molecular weight is 1310 g/mol. The van der Waals surface area contributed by atoms with E-state index in [-0.39, 0.29) is 67.6 Å². The minimum Gasteiger partial charge on any atom is -0.486 e. The topological polar surface area (TPSA) is 199 Å². The molecule has 0 saturated heterocycles. The summed E-state index contributed by atoms with van der Waals surface area (Å²) >= 11 is 0. The number of aliphatic hydroxyl groups is 4. The predicted octanol–water partition coefficient (Wildman–Crippen LogP) is 15.5. The average Bonchev–Trinajstić information content (AvgIpc) is 1.59. The Bertz CT molecular complexity index is 2640. The van der Waals surface area contributed by atoms with E-state index in [0.29, 0.717) is 59.4 Å². The molecule has 15 heteroatoms. The van der Waals surface area contributed by atoms with Crippen LogP contribution in [-0.4, -0.2) is 116 Å². The van der Waals surface area contributed by atoms with Crippen LogP contribution in [0.2, 0.25) is 39.3 Å². The maximum Gasteiger partial charge on any atom is 0.341 e. The van der Waals surface area contributed by atoms with Gasteiger partial charge in [0.05, 0.1) is 24.4 Å². The Hall–Kier alpha value is -3.94. The van der Waals surface area contributed by atoms with Crippen molar-refractivity contribution in [3.8, 4) is 17.2 Å². The summed E-state index contributed by atoms with van der Waals surface area (Å²) < 4.78 is 30.8. The molecule has 0 amide bonds. The molecule has 15 atom stereocenters. The number of hydrogen-bond acceptors (Lipinski definition) is 12. The van der Waals surface area contributed by atoms with Crippen LogP contribution in [0.4, 0.5) is 0 Å². The Morgan fingerprint density at radius 1 is 0.478 bits per heavy atom. The number of hydrogen-bond donors (Lipinski definition) is 5. The molecule has 6 aliphatic rings. The van der Waals surface area contributed by atoms with Crippen molar-refractivity contribution in [3.05, 3.63) is 88.0 Å². The van der Waals surface area contributed by atoms with Gasteiger partial charge in [-0.05, 0) is 274 Å². The van der Waals surface area contributed by atoms with E-state index in [1.165, 1.54) is 72.8 Å². The third kappa shape index (κ3) is 22.9. The molecule has 0 aliphatic heterocycles. The van der Waals surface area contributed by atoms with E-state index in [4.69, 9.17) is 28.2 Å². The van der Waals surface area contributed by atoms with Gasteiger partial charge in [-0.3, -0.25) is 9.59 Å². The summed E-state index contributed by atoms with van der Waals surface area (Å²) in [5, 5.41) is 50.8. The third-order valence-electron chi connectivity index (χ3n) is 21.1. The van der Waals surface area contributed by atoms with E-state index in [1.807, 2.05) is 30.3 Å². The van der Waals surface area contributed by atoms with Gasteiger partial charge < -0.3 is 48.6 Å². The molecule has 0 spiro atoms. The maximum absolute atomic E-state index is 11.5. The number of aliphatic carboxylic acids is 1. The molecule has 3 saturated carbocycles. The molecule has 0 radical (unpaired) electrons. The number of carboxylic acid groups (broad SMARTS) is 1. The van der Waals surface area contributed by atoms with Gasteiger partial charge in [-0.1, -0.05) is 115 Å². The molecule has 516 valence electrons. The minimum absolute atomic E-state index is 0.0279. The lowest BCUT2D eigenvalue weighted by molar-refractivity contribution is -0.139. The lowest BCUT2D eigenvalue weighted by Crippen LogP contribution is -2.37. The Kier molecular flexibility index (Phi) is 29.9. The molecular weight excluding hydrogens is 1190 g/mol. The van der Waals surface area contributed by atoms with Crippen molar-refractivity contribution in [3.63, 3.8) is 0 Å². The fourth-order valence-electron chi connectivity index (χ4n) is 17.0. The summed E-state index contributed by atoms with van der Waals surface area (Å²) in [4.78, 5) is 33.7. The van der Waals surface area contributed by atoms with Crippen molar-refractivity contribution in [2.45, 2.75) is 284 Å². The summed E-state index contributed by atoms with van der Waals surface area (Å²) in [6.45, 7) is 23.7. The Balaban J connectivity index is 0.000000198. The van der Waals surface area contributed by atoms with Gasteiger partial charge in [0.25, 0.3) is 0 Å². The molecule has 6 aliphatic carbocycles. The van der Waals surface area contributed by atoms with Crippen LogP contribution in [0.5, 0.6) is 17.2 Å². The molecule has 0 bridgehead atoms. The number of ether oxygens (including phenoxy) is 3. The highest BCUT2D eigenvalue weighted by Crippen LogP contribution is 2.52. The van der Waals surface area contributed by atoms with Gasteiger partial charge >= 0.3 is 5.97 Å². The Labute approximate surface area is 556 Å². The third-order valence-corrected chi connectivity index (χ3v) is 23.2. The predicted molar refractivity (Wildman–Crippen MR) is 373 cm³/mol. The summed E-state index contributed by atoms with van der Waals surface area (Å²) in [7, 11) is -3.23. The summed E-state index contributed by atoms with van der Waals surface area (Å²) in [6, 6.07) is 18.4. The number of carboxylic acids is 1. The highest BCUT2D eigenvalue weighted by molar-refractivity contribution is 6.70. The standard InChI is InChI=1S/C30H52O4Si2.C24H36O4.C23H34O5/c1-9-10-11-14-25(33-35(3,4)5)16-17-26-27-18-23-13-12-15-29(32-21-22(2)31)28(23)19-24(27)20-30(26)34-36(6,7)8;1-3-4-5-8-19(26)10-11-20-21-12-17-7-6-9-24(28-15-16(2)25)22(17)13-18(21)14-23(20)27;1-2-3-4-7-17(24)9-10-18-19-11-15-6-5-8-22(28-14-23(26)27)20(15)12-16(19)13-21(18)25/h12-13,15,24-27,30H,9-11,14,16-21H2,1-8H3;6-7,9,18-21,23,26-27H,3-5,8,10-15H2,1-2H3;5-6,8,16-19,21,24-25H,2-4,7,9-14H2,1H3,(H,26,27)/t24-,25-,26+,27-,30+;18-,19-,20+,21-,23+;16-,17-,18+,19-,21+/m000/s1. The van der Waals surface area contributed by atoms with Gasteiger partial charge in [0, 0.05) is 12.2 Å². The number of benzene rings is 3. The second-order valence-corrected chi connectivity index (χ2v) is 39.7. The highest BCUT2D eigenvalue weighted by atomic mass is 28.4. The zero-order valence-electron chi connectivity index (χ0n) is 58.6. The molecule has 0 unspecified atom stereocenters. The monoisotopic (exact) mass is 1310 g/mol.